The molecule has 1 aromatic heterocycles. The van der Waals surface area contributed by atoms with Gasteiger partial charge in [-0.25, -0.2) is 0 Å². The van der Waals surface area contributed by atoms with Gasteiger partial charge in [0.2, 0.25) is 7.98 Å². The average molecular weight is 352 g/mol. The second-order valence-electron chi connectivity index (χ2n) is 8.64. The van der Waals surface area contributed by atoms with Crippen LogP contribution < -0.4 is 0 Å². The maximum absolute atomic E-state index is 5.20. The number of allylic oxidation sites excluding steroid dienone is 2. The first-order valence-electron chi connectivity index (χ1n) is 10.9. The fourth-order valence-electron chi connectivity index (χ4n) is 5.74. The zero-order chi connectivity index (χ0) is 19.0. The zero-order valence-corrected chi connectivity index (χ0v) is 18.1. The van der Waals surface area contributed by atoms with Crippen LogP contribution >= 0.6 is 0 Å². The van der Waals surface area contributed by atoms with E-state index >= 15 is 0 Å². The molecule has 2 nitrogen and oxygen atoms in total. The lowest BCUT2D eigenvalue weighted by Crippen LogP contribution is -2.17. The van der Waals surface area contributed by atoms with E-state index in [4.69, 9.17) is 4.99 Å². The van der Waals surface area contributed by atoms with Gasteiger partial charge in [0.1, 0.15) is 0 Å². The molecule has 0 N–H and O–H groups in total. The first-order valence-corrected chi connectivity index (χ1v) is 10.9. The minimum Gasteiger partial charge on any atom is -0.397 e. The van der Waals surface area contributed by atoms with E-state index in [1.54, 1.807) is 5.57 Å². The Kier molecular flexibility index (Phi) is 5.84. The van der Waals surface area contributed by atoms with Crippen molar-refractivity contribution in [3.8, 4) is 0 Å². The molecule has 1 fully saturated rings. The molecule has 2 unspecified atom stereocenters. The molecule has 3 rings (SSSR count). The van der Waals surface area contributed by atoms with E-state index < -0.39 is 0 Å². The minimum absolute atomic E-state index is 0.552. The van der Waals surface area contributed by atoms with E-state index in [1.165, 1.54) is 72.4 Å². The molecule has 2 aliphatic rings. The van der Waals surface area contributed by atoms with Crippen LogP contribution in [0.15, 0.2) is 10.7 Å². The second-order valence-corrected chi connectivity index (χ2v) is 8.64. The van der Waals surface area contributed by atoms with Gasteiger partial charge in [0.25, 0.3) is 0 Å². The number of aliphatic imine (C=N–C) groups is 1. The third-order valence-electron chi connectivity index (χ3n) is 7.29. The highest BCUT2D eigenvalue weighted by Crippen LogP contribution is 2.45. The van der Waals surface area contributed by atoms with Crippen molar-refractivity contribution >= 4 is 19.3 Å². The number of aromatic nitrogens is 1. The number of nitrogens with zero attached hydrogens (tertiary/aromatic N) is 2. The summed E-state index contributed by atoms with van der Waals surface area (Å²) in [5.41, 5.74) is 10.3. The van der Waals surface area contributed by atoms with Crippen LogP contribution in [0.25, 0.3) is 5.57 Å². The summed E-state index contributed by atoms with van der Waals surface area (Å²) in [4.78, 5) is 5.20. The molecule has 3 heteroatoms. The number of hydrogen-bond donors (Lipinski definition) is 0. The van der Waals surface area contributed by atoms with Gasteiger partial charge in [-0.3, -0.25) is 4.99 Å². The summed E-state index contributed by atoms with van der Waals surface area (Å²) >= 11 is 0. The molecule has 0 bridgehead atoms. The summed E-state index contributed by atoms with van der Waals surface area (Å²) in [6.45, 7) is 13.9. The Morgan fingerprint density at radius 2 is 1.77 bits per heavy atom. The molecule has 2 heterocycles. The molecule has 1 aromatic rings. The molecular weight excluding hydrogens is 315 g/mol. The normalized spacial score (nSPS) is 26.3. The van der Waals surface area contributed by atoms with Crippen molar-refractivity contribution < 1.29 is 0 Å². The standard InChI is InChI=1S/C23H37BN2/c1-7-19-14(3)22(25-16(19)5)21(18-12-10-9-11-13-18)23-15(4)20(8-2)17(6)26(23)24/h14,18-19H,7-13,24H2,1-6H3/b22-21-. The van der Waals surface area contributed by atoms with Gasteiger partial charge < -0.3 is 4.48 Å². The molecule has 0 aromatic carbocycles. The Bertz CT molecular complexity index is 732. The van der Waals surface area contributed by atoms with Gasteiger partial charge in [0, 0.05) is 34.6 Å². The molecule has 0 spiro atoms. The van der Waals surface area contributed by atoms with E-state index in [0.717, 1.165) is 6.42 Å². The van der Waals surface area contributed by atoms with E-state index in [0.29, 0.717) is 17.8 Å². The lowest BCUT2D eigenvalue weighted by atomic mass is 9.77. The van der Waals surface area contributed by atoms with Crippen molar-refractivity contribution in [1.29, 1.82) is 0 Å². The van der Waals surface area contributed by atoms with Gasteiger partial charge in [-0.15, -0.1) is 0 Å². The van der Waals surface area contributed by atoms with E-state index in [-0.39, 0.29) is 0 Å². The molecule has 142 valence electrons. The van der Waals surface area contributed by atoms with Crippen molar-refractivity contribution in [3.63, 3.8) is 0 Å². The second kappa shape index (κ2) is 7.78. The zero-order valence-electron chi connectivity index (χ0n) is 18.1. The summed E-state index contributed by atoms with van der Waals surface area (Å²) in [5, 5.41) is 0. The molecule has 1 saturated carbocycles. The monoisotopic (exact) mass is 352 g/mol. The predicted molar refractivity (Wildman–Crippen MR) is 117 cm³/mol. The molecule has 1 aliphatic carbocycles. The molecule has 0 saturated heterocycles. The molecule has 1 aliphatic heterocycles. The van der Waals surface area contributed by atoms with Crippen molar-refractivity contribution in [2.75, 3.05) is 0 Å². The van der Waals surface area contributed by atoms with Gasteiger partial charge in [0.05, 0.1) is 0 Å². The van der Waals surface area contributed by atoms with E-state index in [1.807, 2.05) is 0 Å². The van der Waals surface area contributed by atoms with Crippen molar-refractivity contribution in [2.24, 2.45) is 22.7 Å². The van der Waals surface area contributed by atoms with Gasteiger partial charge >= 0.3 is 0 Å². The summed E-state index contributed by atoms with van der Waals surface area (Å²) in [5.74, 6) is 1.86. The maximum Gasteiger partial charge on any atom is 0.223 e. The van der Waals surface area contributed by atoms with Crippen molar-refractivity contribution in [3.05, 3.63) is 28.2 Å². The van der Waals surface area contributed by atoms with Gasteiger partial charge in [-0.05, 0) is 69.1 Å². The Labute approximate surface area is 161 Å². The number of hydrogen-bond acceptors (Lipinski definition) is 1. The van der Waals surface area contributed by atoms with E-state index in [9.17, 15) is 0 Å². The fraction of sp³-hybridized carbons (Fsp3) is 0.696. The Balaban J connectivity index is 2.23. The molecular formula is C23H37BN2. The Hall–Kier alpha value is -1.25. The first-order chi connectivity index (χ1) is 12.4. The molecule has 26 heavy (non-hydrogen) atoms. The van der Waals surface area contributed by atoms with Gasteiger partial charge in [-0.1, -0.05) is 40.0 Å². The van der Waals surface area contributed by atoms with Crippen LogP contribution in [-0.4, -0.2) is 18.2 Å². The summed E-state index contributed by atoms with van der Waals surface area (Å²) < 4.78 is 2.47. The Morgan fingerprint density at radius 1 is 1.12 bits per heavy atom. The SMILES string of the molecule is Bn1c(C)c(CC)c(C)c1/C(=C1\N=C(C)C(CC)C1C)C1CCCCC1. The van der Waals surface area contributed by atoms with Crippen LogP contribution in [0, 0.1) is 31.6 Å². The van der Waals surface area contributed by atoms with Crippen molar-refractivity contribution in [2.45, 2.75) is 86.5 Å². The quantitative estimate of drug-likeness (QED) is 0.638. The highest BCUT2D eigenvalue weighted by molar-refractivity contribution is 6.09. The minimum atomic E-state index is 0.552. The van der Waals surface area contributed by atoms with E-state index in [2.05, 4.69) is 54.0 Å². The molecule has 0 radical (unpaired) electrons. The summed E-state index contributed by atoms with van der Waals surface area (Å²) in [6.07, 6.45) is 9.14. The van der Waals surface area contributed by atoms with Gasteiger partial charge in [0.15, 0.2) is 0 Å². The summed E-state index contributed by atoms with van der Waals surface area (Å²) in [7, 11) is 2.27. The van der Waals surface area contributed by atoms with Crippen LogP contribution in [0.3, 0.4) is 0 Å². The van der Waals surface area contributed by atoms with Crippen molar-refractivity contribution in [1.82, 2.24) is 4.48 Å². The Morgan fingerprint density at radius 3 is 2.27 bits per heavy atom. The highest BCUT2D eigenvalue weighted by Gasteiger charge is 2.35. The van der Waals surface area contributed by atoms with Crippen LogP contribution in [0.2, 0.25) is 0 Å². The lowest BCUT2D eigenvalue weighted by molar-refractivity contribution is 0.423. The smallest absolute Gasteiger partial charge is 0.223 e. The lowest BCUT2D eigenvalue weighted by Gasteiger charge is -2.29. The average Bonchev–Trinajstić information content (AvgIpc) is 3.03. The predicted octanol–water partition coefficient (Wildman–Crippen LogP) is 5.49. The molecule has 2 atom stereocenters. The first kappa shape index (κ1) is 19.5. The largest absolute Gasteiger partial charge is 0.397 e. The third-order valence-corrected chi connectivity index (χ3v) is 7.29. The number of rotatable bonds is 4. The molecule has 0 amide bonds. The highest BCUT2D eigenvalue weighted by atomic mass is 14.9. The fourth-order valence-corrected chi connectivity index (χ4v) is 5.74. The topological polar surface area (TPSA) is 17.3 Å². The van der Waals surface area contributed by atoms with Gasteiger partial charge in [-0.2, -0.15) is 0 Å². The van der Waals surface area contributed by atoms with Crippen LogP contribution in [0.1, 0.15) is 88.7 Å². The maximum atomic E-state index is 5.20. The van der Waals surface area contributed by atoms with Crippen LogP contribution in [0.5, 0.6) is 0 Å². The van der Waals surface area contributed by atoms with Crippen LogP contribution in [-0.2, 0) is 6.42 Å². The third kappa shape index (κ3) is 3.12. The summed E-state index contributed by atoms with van der Waals surface area (Å²) in [6, 6.07) is 0. The van der Waals surface area contributed by atoms with Crippen LogP contribution in [0.4, 0.5) is 0 Å².